The van der Waals surface area contributed by atoms with Crippen molar-refractivity contribution in [3.05, 3.63) is 54.1 Å². The quantitative estimate of drug-likeness (QED) is 0.444. The monoisotopic (exact) mass is 500 g/mol. The largest absolute Gasteiger partial charge is 0.424 e. The van der Waals surface area contributed by atoms with E-state index < -0.39 is 5.91 Å². The number of nitriles is 1. The molecule has 37 heavy (non-hydrogen) atoms. The Morgan fingerprint density at radius 3 is 2.76 bits per heavy atom. The van der Waals surface area contributed by atoms with Crippen LogP contribution in [0.15, 0.2) is 47.3 Å². The third-order valence-corrected chi connectivity index (χ3v) is 7.32. The summed E-state index contributed by atoms with van der Waals surface area (Å²) >= 11 is 0. The van der Waals surface area contributed by atoms with E-state index in [0.29, 0.717) is 23.0 Å². The second-order valence-corrected chi connectivity index (χ2v) is 10.2. The number of carbonyl (C=O) groups is 1. The van der Waals surface area contributed by atoms with Crippen LogP contribution in [0.5, 0.6) is 0 Å². The summed E-state index contributed by atoms with van der Waals surface area (Å²) < 4.78 is 6.02. The van der Waals surface area contributed by atoms with Gasteiger partial charge in [0.15, 0.2) is 11.5 Å². The Morgan fingerprint density at radius 2 is 2.00 bits per heavy atom. The van der Waals surface area contributed by atoms with Crippen LogP contribution in [0.4, 0.5) is 11.8 Å². The molecule has 5 rings (SSSR count). The van der Waals surface area contributed by atoms with Crippen molar-refractivity contribution in [1.82, 2.24) is 20.3 Å². The topological polar surface area (TPSA) is 146 Å². The van der Waals surface area contributed by atoms with Crippen molar-refractivity contribution in [2.75, 3.05) is 23.3 Å². The Kier molecular flexibility index (Phi) is 7.06. The van der Waals surface area contributed by atoms with E-state index in [9.17, 15) is 4.79 Å². The van der Waals surface area contributed by atoms with Crippen molar-refractivity contribution in [3.63, 3.8) is 0 Å². The molecule has 2 aliphatic rings. The molecule has 1 amide bonds. The minimum absolute atomic E-state index is 0.0906. The maximum atomic E-state index is 11.5. The maximum absolute atomic E-state index is 11.5. The molecule has 1 aromatic carbocycles. The number of aromatic nitrogens is 3. The van der Waals surface area contributed by atoms with Gasteiger partial charge in [-0.25, -0.2) is 15.0 Å². The molecule has 3 heterocycles. The van der Waals surface area contributed by atoms with Gasteiger partial charge in [-0.2, -0.15) is 5.26 Å². The predicted octanol–water partition coefficient (Wildman–Crippen LogP) is 3.47. The Hall–Kier alpha value is -3.97. The standard InChI is InChI=1S/C27H32N8O2/c1-27(10-5-11-35(17-27)24-16-30-20(13-28)14-31-24)34-22-9-3-2-8-21(22)33-26-32-15-23(37-26)18-6-4-7-19(12-18)25(29)36/h4,6-7,12,14-16,21-22,34H,2-3,5,8-11,17H2,1H3,(H2,29,36)(H,32,33). The van der Waals surface area contributed by atoms with Crippen LogP contribution in [0.3, 0.4) is 0 Å². The lowest BCUT2D eigenvalue weighted by atomic mass is 9.85. The maximum Gasteiger partial charge on any atom is 0.295 e. The molecule has 1 saturated carbocycles. The third-order valence-electron chi connectivity index (χ3n) is 7.32. The predicted molar refractivity (Wildman–Crippen MR) is 140 cm³/mol. The van der Waals surface area contributed by atoms with Crippen LogP contribution in [0.1, 0.15) is 61.5 Å². The van der Waals surface area contributed by atoms with E-state index >= 15 is 0 Å². The molecule has 3 atom stereocenters. The van der Waals surface area contributed by atoms with Crippen LogP contribution in [0.2, 0.25) is 0 Å². The smallest absolute Gasteiger partial charge is 0.295 e. The number of primary amides is 1. The van der Waals surface area contributed by atoms with Crippen molar-refractivity contribution in [2.24, 2.45) is 5.73 Å². The highest BCUT2D eigenvalue weighted by Crippen LogP contribution is 2.30. The summed E-state index contributed by atoms with van der Waals surface area (Å²) in [5.74, 6) is 0.916. The molecule has 10 heteroatoms. The molecule has 1 saturated heterocycles. The highest BCUT2D eigenvalue weighted by atomic mass is 16.4. The van der Waals surface area contributed by atoms with Gasteiger partial charge in [0, 0.05) is 41.8 Å². The lowest BCUT2D eigenvalue weighted by Crippen LogP contribution is -2.61. The van der Waals surface area contributed by atoms with E-state index in [4.69, 9.17) is 15.4 Å². The van der Waals surface area contributed by atoms with Crippen molar-refractivity contribution < 1.29 is 9.21 Å². The van der Waals surface area contributed by atoms with E-state index in [1.165, 1.54) is 12.6 Å². The zero-order valence-corrected chi connectivity index (χ0v) is 21.0. The van der Waals surface area contributed by atoms with Gasteiger partial charge in [-0.3, -0.25) is 4.79 Å². The number of nitrogens with zero attached hydrogens (tertiary/aromatic N) is 5. The lowest BCUT2D eigenvalue weighted by molar-refractivity contribution is 0.100. The Balaban J connectivity index is 1.26. The van der Waals surface area contributed by atoms with Crippen LogP contribution in [0, 0.1) is 11.3 Å². The number of anilines is 2. The van der Waals surface area contributed by atoms with E-state index in [0.717, 1.165) is 56.6 Å². The Labute approximate surface area is 216 Å². The number of piperidine rings is 1. The van der Waals surface area contributed by atoms with Gasteiger partial charge < -0.3 is 25.7 Å². The van der Waals surface area contributed by atoms with E-state index in [2.05, 4.69) is 37.4 Å². The van der Waals surface area contributed by atoms with Gasteiger partial charge in [-0.1, -0.05) is 25.0 Å². The van der Waals surface area contributed by atoms with Gasteiger partial charge >= 0.3 is 0 Å². The molecule has 3 aromatic rings. The molecule has 1 aliphatic carbocycles. The van der Waals surface area contributed by atoms with Gasteiger partial charge in [-0.15, -0.1) is 0 Å². The lowest BCUT2D eigenvalue weighted by Gasteiger charge is -2.46. The molecular weight excluding hydrogens is 468 g/mol. The molecule has 0 radical (unpaired) electrons. The minimum atomic E-state index is -0.475. The summed E-state index contributed by atoms with van der Waals surface area (Å²) in [5.41, 5.74) is 6.85. The first kappa shape index (κ1) is 24.7. The van der Waals surface area contributed by atoms with Crippen LogP contribution in [-0.4, -0.2) is 51.6 Å². The Bertz CT molecular complexity index is 1280. The summed E-state index contributed by atoms with van der Waals surface area (Å²) in [5, 5.41) is 16.5. The van der Waals surface area contributed by atoms with Gasteiger partial charge in [0.1, 0.15) is 11.9 Å². The number of carbonyl (C=O) groups excluding carboxylic acids is 1. The number of benzene rings is 1. The van der Waals surface area contributed by atoms with Gasteiger partial charge in [-0.05, 0) is 44.7 Å². The van der Waals surface area contributed by atoms with E-state index in [1.54, 1.807) is 30.6 Å². The van der Waals surface area contributed by atoms with Crippen molar-refractivity contribution in [1.29, 1.82) is 5.26 Å². The molecule has 4 N–H and O–H groups in total. The number of hydrogen-bond acceptors (Lipinski definition) is 9. The second kappa shape index (κ2) is 10.6. The molecule has 3 unspecified atom stereocenters. The average molecular weight is 501 g/mol. The first-order valence-electron chi connectivity index (χ1n) is 12.8. The van der Waals surface area contributed by atoms with Crippen LogP contribution in [-0.2, 0) is 0 Å². The zero-order valence-electron chi connectivity index (χ0n) is 21.0. The molecule has 0 spiro atoms. The second-order valence-electron chi connectivity index (χ2n) is 10.2. The van der Waals surface area contributed by atoms with Crippen molar-refractivity contribution in [2.45, 2.75) is 63.1 Å². The highest BCUT2D eigenvalue weighted by molar-refractivity contribution is 5.93. The molecule has 1 aliphatic heterocycles. The van der Waals surface area contributed by atoms with E-state index in [1.807, 2.05) is 12.1 Å². The summed E-state index contributed by atoms with van der Waals surface area (Å²) in [6.45, 7) is 4.01. The normalized spacial score (nSPS) is 23.8. The Morgan fingerprint density at radius 1 is 1.16 bits per heavy atom. The fourth-order valence-corrected chi connectivity index (χ4v) is 5.48. The van der Waals surface area contributed by atoms with Crippen molar-refractivity contribution >= 4 is 17.7 Å². The van der Waals surface area contributed by atoms with Gasteiger partial charge in [0.2, 0.25) is 5.91 Å². The molecular formula is C27H32N8O2. The van der Waals surface area contributed by atoms with Gasteiger partial charge in [0.05, 0.1) is 18.6 Å². The summed E-state index contributed by atoms with van der Waals surface area (Å²) in [4.78, 5) is 26.9. The molecule has 192 valence electrons. The molecule has 2 aromatic heterocycles. The molecule has 0 bridgehead atoms. The number of nitrogens with two attached hydrogens (primary N) is 1. The zero-order chi connectivity index (χ0) is 25.8. The number of nitrogens with one attached hydrogen (secondary N) is 2. The number of hydrogen-bond donors (Lipinski definition) is 3. The van der Waals surface area contributed by atoms with Crippen LogP contribution < -0.4 is 21.3 Å². The van der Waals surface area contributed by atoms with Gasteiger partial charge in [0.25, 0.3) is 6.01 Å². The highest BCUT2D eigenvalue weighted by Gasteiger charge is 2.37. The summed E-state index contributed by atoms with van der Waals surface area (Å²) in [7, 11) is 0. The fraction of sp³-hybridized carbons (Fsp3) is 0.444. The first-order valence-corrected chi connectivity index (χ1v) is 12.8. The van der Waals surface area contributed by atoms with Crippen LogP contribution in [0.25, 0.3) is 11.3 Å². The number of rotatable bonds is 7. The first-order chi connectivity index (χ1) is 17.9. The van der Waals surface area contributed by atoms with Crippen molar-refractivity contribution in [3.8, 4) is 17.4 Å². The average Bonchev–Trinajstić information content (AvgIpc) is 3.38. The molecule has 2 fully saturated rings. The van der Waals surface area contributed by atoms with Crippen LogP contribution >= 0.6 is 0 Å². The number of amides is 1. The SMILES string of the molecule is CC1(NC2CCCCC2Nc2ncc(-c3cccc(C(N)=O)c3)o2)CCCN(c2cnc(C#N)cn2)C1. The minimum Gasteiger partial charge on any atom is -0.424 e. The fourth-order valence-electron chi connectivity index (χ4n) is 5.48. The third kappa shape index (κ3) is 5.73. The molecule has 10 nitrogen and oxygen atoms in total. The van der Waals surface area contributed by atoms with E-state index in [-0.39, 0.29) is 17.6 Å². The number of oxazole rings is 1. The summed E-state index contributed by atoms with van der Waals surface area (Å²) in [6, 6.07) is 9.99. The summed E-state index contributed by atoms with van der Waals surface area (Å²) in [6.07, 6.45) is 11.4.